The Morgan fingerprint density at radius 2 is 1.96 bits per heavy atom. The van der Waals surface area contributed by atoms with Crippen molar-refractivity contribution >= 4 is 11.8 Å². The van der Waals surface area contributed by atoms with E-state index < -0.39 is 0 Å². The number of likely N-dealkylation sites (tertiary alicyclic amines) is 1. The number of carbonyl (C=O) groups is 2. The molecular weight excluding hydrogens is 357 g/mol. The molecule has 2 N–H and O–H groups in total. The minimum atomic E-state index is -0.245. The molecule has 2 saturated heterocycles. The Kier molecular flexibility index (Phi) is 5.41. The summed E-state index contributed by atoms with van der Waals surface area (Å²) in [5.74, 6) is 0.207. The van der Waals surface area contributed by atoms with Crippen LogP contribution in [0.15, 0.2) is 18.2 Å². The molecule has 4 rings (SSSR count). The summed E-state index contributed by atoms with van der Waals surface area (Å²) in [7, 11) is 0. The number of nitrogens with zero attached hydrogens (tertiary/aromatic N) is 1. The average molecular weight is 387 g/mol. The van der Waals surface area contributed by atoms with E-state index in [0.717, 1.165) is 37.9 Å². The molecule has 2 aliphatic heterocycles. The fourth-order valence-corrected chi connectivity index (χ4v) is 4.84. The van der Waals surface area contributed by atoms with E-state index in [0.29, 0.717) is 43.9 Å². The van der Waals surface area contributed by atoms with Gasteiger partial charge in [-0.25, -0.2) is 4.39 Å². The first kappa shape index (κ1) is 19.4. The molecule has 0 radical (unpaired) electrons. The molecule has 3 aliphatic rings. The number of piperidine rings is 2. The second-order valence-corrected chi connectivity index (χ2v) is 8.77. The fraction of sp³-hybridized carbons (Fsp3) is 0.636. The zero-order valence-corrected chi connectivity index (χ0v) is 16.6. The van der Waals surface area contributed by atoms with Crippen LogP contribution in [-0.4, -0.2) is 42.9 Å². The minimum absolute atomic E-state index is 0.00864. The number of amides is 2. The molecule has 1 atom stereocenters. The normalized spacial score (nSPS) is 24.2. The lowest BCUT2D eigenvalue weighted by Crippen LogP contribution is -2.44. The largest absolute Gasteiger partial charge is 0.352 e. The summed E-state index contributed by atoms with van der Waals surface area (Å²) < 4.78 is 13.6. The third-order valence-corrected chi connectivity index (χ3v) is 6.97. The van der Waals surface area contributed by atoms with Gasteiger partial charge in [-0.3, -0.25) is 9.59 Å². The Hall–Kier alpha value is -1.95. The molecule has 0 bridgehead atoms. The SMILES string of the molecule is Cc1ccc(CNC(=O)C2CCN(C(=O)C3CC34CCNCC4)CC2)cc1F. The zero-order valence-electron chi connectivity index (χ0n) is 16.6. The predicted molar refractivity (Wildman–Crippen MR) is 105 cm³/mol. The van der Waals surface area contributed by atoms with Gasteiger partial charge in [-0.05, 0) is 74.7 Å². The first-order valence-electron chi connectivity index (χ1n) is 10.5. The van der Waals surface area contributed by atoms with Crippen molar-refractivity contribution in [3.63, 3.8) is 0 Å². The van der Waals surface area contributed by atoms with E-state index in [1.807, 2.05) is 11.0 Å². The summed E-state index contributed by atoms with van der Waals surface area (Å²) in [6.07, 6.45) is 4.69. The van der Waals surface area contributed by atoms with Crippen molar-refractivity contribution in [3.05, 3.63) is 35.1 Å². The summed E-state index contributed by atoms with van der Waals surface area (Å²) in [6, 6.07) is 5.04. The molecule has 6 heteroatoms. The molecule has 3 fully saturated rings. The van der Waals surface area contributed by atoms with Crippen molar-refractivity contribution in [3.8, 4) is 0 Å². The molecule has 1 spiro atoms. The van der Waals surface area contributed by atoms with E-state index in [1.165, 1.54) is 6.07 Å². The van der Waals surface area contributed by atoms with Crippen LogP contribution in [0.5, 0.6) is 0 Å². The van der Waals surface area contributed by atoms with Gasteiger partial charge in [0.05, 0.1) is 0 Å². The molecule has 2 heterocycles. The van der Waals surface area contributed by atoms with Gasteiger partial charge in [-0.2, -0.15) is 0 Å². The molecule has 0 aromatic heterocycles. The van der Waals surface area contributed by atoms with Crippen LogP contribution in [-0.2, 0) is 16.1 Å². The summed E-state index contributed by atoms with van der Waals surface area (Å²) in [6.45, 7) is 5.45. The van der Waals surface area contributed by atoms with Crippen LogP contribution in [0, 0.1) is 30.0 Å². The summed E-state index contributed by atoms with van der Waals surface area (Å²) in [5.41, 5.74) is 1.64. The molecule has 5 nitrogen and oxygen atoms in total. The molecule has 2 amide bonds. The van der Waals surface area contributed by atoms with Gasteiger partial charge >= 0.3 is 0 Å². The van der Waals surface area contributed by atoms with Crippen molar-refractivity contribution in [2.24, 2.45) is 17.3 Å². The molecule has 1 aromatic carbocycles. The highest BCUT2D eigenvalue weighted by atomic mass is 19.1. The van der Waals surface area contributed by atoms with E-state index in [4.69, 9.17) is 0 Å². The smallest absolute Gasteiger partial charge is 0.226 e. The number of carbonyl (C=O) groups excluding carboxylic acids is 2. The maximum Gasteiger partial charge on any atom is 0.226 e. The van der Waals surface area contributed by atoms with Gasteiger partial charge in [-0.1, -0.05) is 12.1 Å². The molecule has 28 heavy (non-hydrogen) atoms. The Morgan fingerprint density at radius 1 is 1.25 bits per heavy atom. The molecule has 1 unspecified atom stereocenters. The number of hydrogen-bond donors (Lipinski definition) is 2. The van der Waals surface area contributed by atoms with E-state index in [2.05, 4.69) is 10.6 Å². The van der Waals surface area contributed by atoms with Crippen molar-refractivity contribution in [2.75, 3.05) is 26.2 Å². The first-order valence-corrected chi connectivity index (χ1v) is 10.5. The minimum Gasteiger partial charge on any atom is -0.352 e. The van der Waals surface area contributed by atoms with Gasteiger partial charge in [0, 0.05) is 31.5 Å². The van der Waals surface area contributed by atoms with Crippen LogP contribution >= 0.6 is 0 Å². The number of hydrogen-bond acceptors (Lipinski definition) is 3. The van der Waals surface area contributed by atoms with Gasteiger partial charge in [-0.15, -0.1) is 0 Å². The average Bonchev–Trinajstić information content (AvgIpc) is 3.41. The number of nitrogens with one attached hydrogen (secondary N) is 2. The van der Waals surface area contributed by atoms with Crippen LogP contribution < -0.4 is 10.6 Å². The lowest BCUT2D eigenvalue weighted by atomic mass is 9.90. The quantitative estimate of drug-likeness (QED) is 0.834. The molecule has 1 saturated carbocycles. The summed E-state index contributed by atoms with van der Waals surface area (Å²) in [4.78, 5) is 27.3. The second kappa shape index (κ2) is 7.82. The van der Waals surface area contributed by atoms with Gasteiger partial charge in [0.15, 0.2) is 0 Å². The van der Waals surface area contributed by atoms with Gasteiger partial charge in [0.25, 0.3) is 0 Å². The van der Waals surface area contributed by atoms with Crippen molar-refractivity contribution in [1.82, 2.24) is 15.5 Å². The van der Waals surface area contributed by atoms with E-state index in [9.17, 15) is 14.0 Å². The summed E-state index contributed by atoms with van der Waals surface area (Å²) in [5, 5.41) is 6.30. The van der Waals surface area contributed by atoms with Crippen molar-refractivity contribution in [1.29, 1.82) is 0 Å². The van der Waals surface area contributed by atoms with Crippen LogP contribution in [0.4, 0.5) is 4.39 Å². The number of halogens is 1. The molecule has 152 valence electrons. The second-order valence-electron chi connectivity index (χ2n) is 8.77. The van der Waals surface area contributed by atoms with Gasteiger partial charge in [0.1, 0.15) is 5.82 Å². The monoisotopic (exact) mass is 387 g/mol. The highest BCUT2D eigenvalue weighted by Crippen LogP contribution is 2.59. The third kappa shape index (κ3) is 3.93. The lowest BCUT2D eigenvalue weighted by molar-refractivity contribution is -0.137. The highest BCUT2D eigenvalue weighted by Gasteiger charge is 2.58. The molecule has 1 aromatic rings. The molecule has 1 aliphatic carbocycles. The topological polar surface area (TPSA) is 61.4 Å². The number of rotatable bonds is 4. The lowest BCUT2D eigenvalue weighted by Gasteiger charge is -2.32. The fourth-order valence-electron chi connectivity index (χ4n) is 4.84. The van der Waals surface area contributed by atoms with Gasteiger partial charge < -0.3 is 15.5 Å². The Labute approximate surface area is 166 Å². The van der Waals surface area contributed by atoms with E-state index in [-0.39, 0.29) is 29.0 Å². The standard InChI is InChI=1S/C22H30FN3O2/c1-15-2-3-16(12-19(15)23)14-25-20(27)17-4-10-26(11-5-17)21(28)18-13-22(18)6-8-24-9-7-22/h2-3,12,17-18,24H,4-11,13-14H2,1H3,(H,25,27). The van der Waals surface area contributed by atoms with Crippen molar-refractivity contribution < 1.29 is 14.0 Å². The van der Waals surface area contributed by atoms with Gasteiger partial charge in [0.2, 0.25) is 11.8 Å². The Morgan fingerprint density at radius 3 is 2.64 bits per heavy atom. The van der Waals surface area contributed by atoms with Crippen molar-refractivity contribution in [2.45, 2.75) is 45.6 Å². The first-order chi connectivity index (χ1) is 13.5. The zero-order chi connectivity index (χ0) is 19.7. The maximum absolute atomic E-state index is 13.6. The Balaban J connectivity index is 1.23. The highest BCUT2D eigenvalue weighted by molar-refractivity contribution is 5.83. The number of aryl methyl sites for hydroxylation is 1. The van der Waals surface area contributed by atoms with Crippen LogP contribution in [0.1, 0.15) is 43.2 Å². The van der Waals surface area contributed by atoms with Crippen LogP contribution in [0.2, 0.25) is 0 Å². The van der Waals surface area contributed by atoms with E-state index in [1.54, 1.807) is 13.0 Å². The maximum atomic E-state index is 13.6. The van der Waals surface area contributed by atoms with Crippen LogP contribution in [0.25, 0.3) is 0 Å². The summed E-state index contributed by atoms with van der Waals surface area (Å²) >= 11 is 0. The van der Waals surface area contributed by atoms with E-state index >= 15 is 0 Å². The van der Waals surface area contributed by atoms with Crippen LogP contribution in [0.3, 0.4) is 0 Å². The molecular formula is C22H30FN3O2. The Bertz CT molecular complexity index is 752. The predicted octanol–water partition coefficient (Wildman–Crippen LogP) is 2.38. The number of benzene rings is 1. The third-order valence-electron chi connectivity index (χ3n) is 6.97.